The average Bonchev–Trinajstić information content (AvgIpc) is 3.00. The summed E-state index contributed by atoms with van der Waals surface area (Å²) in [4.78, 5) is 24.5. The molecule has 2 heterocycles. The van der Waals surface area contributed by atoms with E-state index < -0.39 is 18.0 Å². The molecule has 0 aliphatic rings. The lowest BCUT2D eigenvalue weighted by Crippen LogP contribution is -2.21. The molecule has 0 atom stereocenters. The van der Waals surface area contributed by atoms with E-state index in [1.807, 2.05) is 0 Å². The second kappa shape index (κ2) is 6.82. The van der Waals surface area contributed by atoms with Gasteiger partial charge in [-0.2, -0.15) is 0 Å². The summed E-state index contributed by atoms with van der Waals surface area (Å²) >= 11 is 0. The molecule has 3 aromatic rings. The standard InChI is InChI=1S/C16H12F3N5O2/c1-10-20-6-7-24(10)15-21-8-11(9-22-15)23-14(25)12-4-2-3-5-13(12)26-16(17,18)19/h2-9H,1H3,(H,23,25). The molecule has 10 heteroatoms. The lowest BCUT2D eigenvalue weighted by atomic mass is 10.2. The maximum atomic E-state index is 12.4. The molecule has 26 heavy (non-hydrogen) atoms. The first-order chi connectivity index (χ1) is 12.3. The maximum absolute atomic E-state index is 12.4. The predicted molar refractivity (Wildman–Crippen MR) is 85.0 cm³/mol. The number of carbonyl (C=O) groups excluding carboxylic acids is 1. The number of imidazole rings is 1. The number of nitrogens with one attached hydrogen (secondary N) is 1. The highest BCUT2D eigenvalue weighted by Gasteiger charge is 2.32. The van der Waals surface area contributed by atoms with Crippen molar-refractivity contribution in [3.8, 4) is 11.7 Å². The Morgan fingerprint density at radius 2 is 1.85 bits per heavy atom. The maximum Gasteiger partial charge on any atom is 0.573 e. The number of benzene rings is 1. The van der Waals surface area contributed by atoms with Crippen molar-refractivity contribution in [2.24, 2.45) is 0 Å². The van der Waals surface area contributed by atoms with Gasteiger partial charge in [0, 0.05) is 12.4 Å². The van der Waals surface area contributed by atoms with E-state index in [0.29, 0.717) is 11.8 Å². The number of para-hydroxylation sites is 1. The van der Waals surface area contributed by atoms with E-state index in [4.69, 9.17) is 0 Å². The molecule has 1 amide bonds. The summed E-state index contributed by atoms with van der Waals surface area (Å²) in [7, 11) is 0. The van der Waals surface area contributed by atoms with E-state index >= 15 is 0 Å². The van der Waals surface area contributed by atoms with Crippen LogP contribution < -0.4 is 10.1 Å². The van der Waals surface area contributed by atoms with E-state index in [-0.39, 0.29) is 11.3 Å². The van der Waals surface area contributed by atoms with Crippen molar-refractivity contribution < 1.29 is 22.7 Å². The number of amides is 1. The van der Waals surface area contributed by atoms with Gasteiger partial charge in [-0.15, -0.1) is 13.2 Å². The number of hydrogen-bond acceptors (Lipinski definition) is 5. The lowest BCUT2D eigenvalue weighted by molar-refractivity contribution is -0.274. The number of aromatic nitrogens is 4. The van der Waals surface area contributed by atoms with E-state index in [1.54, 1.807) is 23.9 Å². The summed E-state index contributed by atoms with van der Waals surface area (Å²) in [6.45, 7) is 1.77. The van der Waals surface area contributed by atoms with Crippen molar-refractivity contribution in [1.29, 1.82) is 0 Å². The van der Waals surface area contributed by atoms with Crippen molar-refractivity contribution in [3.05, 3.63) is 60.4 Å². The quantitative estimate of drug-likeness (QED) is 0.770. The summed E-state index contributed by atoms with van der Waals surface area (Å²) in [5.74, 6) is -0.345. The van der Waals surface area contributed by atoms with Crippen LogP contribution in [0, 0.1) is 6.92 Å². The number of aryl methyl sites for hydroxylation is 1. The third kappa shape index (κ3) is 3.97. The molecule has 0 radical (unpaired) electrons. The first kappa shape index (κ1) is 17.4. The second-order valence-electron chi connectivity index (χ2n) is 5.11. The first-order valence-electron chi connectivity index (χ1n) is 7.32. The van der Waals surface area contributed by atoms with Crippen LogP contribution in [-0.4, -0.2) is 31.8 Å². The SMILES string of the molecule is Cc1nccn1-c1ncc(NC(=O)c2ccccc2OC(F)(F)F)cn1. The molecule has 7 nitrogen and oxygen atoms in total. The van der Waals surface area contributed by atoms with Gasteiger partial charge in [0.2, 0.25) is 5.95 Å². The summed E-state index contributed by atoms with van der Waals surface area (Å²) in [5, 5.41) is 2.44. The molecule has 0 saturated carbocycles. The van der Waals surface area contributed by atoms with Gasteiger partial charge < -0.3 is 10.1 Å². The van der Waals surface area contributed by atoms with Crippen LogP contribution in [0.2, 0.25) is 0 Å². The summed E-state index contributed by atoms with van der Waals surface area (Å²) in [6.07, 6.45) is 1.04. The van der Waals surface area contributed by atoms with Gasteiger partial charge >= 0.3 is 6.36 Å². The number of carbonyl (C=O) groups is 1. The molecule has 0 fully saturated rings. The predicted octanol–water partition coefficient (Wildman–Crippen LogP) is 3.12. The van der Waals surface area contributed by atoms with Gasteiger partial charge in [0.1, 0.15) is 11.6 Å². The summed E-state index contributed by atoms with van der Waals surface area (Å²) in [6, 6.07) is 5.05. The van der Waals surface area contributed by atoms with Crippen LogP contribution in [0.15, 0.2) is 49.1 Å². The number of hydrogen-bond donors (Lipinski definition) is 1. The van der Waals surface area contributed by atoms with Crippen molar-refractivity contribution in [2.45, 2.75) is 13.3 Å². The Labute approximate surface area is 145 Å². The van der Waals surface area contributed by atoms with Crippen LogP contribution >= 0.6 is 0 Å². The van der Waals surface area contributed by atoms with Crippen molar-refractivity contribution in [2.75, 3.05) is 5.32 Å². The van der Waals surface area contributed by atoms with E-state index in [1.165, 1.54) is 30.6 Å². The molecule has 0 aliphatic heterocycles. The third-order valence-electron chi connectivity index (χ3n) is 3.29. The lowest BCUT2D eigenvalue weighted by Gasteiger charge is -2.13. The average molecular weight is 363 g/mol. The highest BCUT2D eigenvalue weighted by atomic mass is 19.4. The Bertz CT molecular complexity index is 922. The van der Waals surface area contributed by atoms with Gasteiger partial charge in [-0.1, -0.05) is 12.1 Å². The fourth-order valence-electron chi connectivity index (χ4n) is 2.17. The van der Waals surface area contributed by atoms with E-state index in [9.17, 15) is 18.0 Å². The number of rotatable bonds is 4. The van der Waals surface area contributed by atoms with Gasteiger partial charge in [0.05, 0.1) is 23.6 Å². The molecule has 3 rings (SSSR count). The number of anilines is 1. The second-order valence-corrected chi connectivity index (χ2v) is 5.11. The normalized spacial score (nSPS) is 11.2. The molecule has 1 N–H and O–H groups in total. The molecule has 2 aromatic heterocycles. The molecule has 0 bridgehead atoms. The zero-order chi connectivity index (χ0) is 18.7. The molecule has 0 unspecified atom stereocenters. The first-order valence-corrected chi connectivity index (χ1v) is 7.32. The summed E-state index contributed by atoms with van der Waals surface area (Å²) < 4.78 is 42.8. The highest BCUT2D eigenvalue weighted by Crippen LogP contribution is 2.26. The van der Waals surface area contributed by atoms with Crippen LogP contribution in [-0.2, 0) is 0 Å². The van der Waals surface area contributed by atoms with Gasteiger partial charge in [0.15, 0.2) is 0 Å². The summed E-state index contributed by atoms with van der Waals surface area (Å²) in [5.41, 5.74) is -0.0438. The molecule has 0 saturated heterocycles. The van der Waals surface area contributed by atoms with Crippen LogP contribution in [0.1, 0.15) is 16.2 Å². The monoisotopic (exact) mass is 363 g/mol. The van der Waals surface area contributed by atoms with E-state index in [2.05, 4.69) is 25.0 Å². The number of halogens is 3. The van der Waals surface area contributed by atoms with Crippen LogP contribution in [0.5, 0.6) is 5.75 Å². The zero-order valence-electron chi connectivity index (χ0n) is 13.4. The van der Waals surface area contributed by atoms with Crippen molar-refractivity contribution >= 4 is 11.6 Å². The fraction of sp³-hybridized carbons (Fsp3) is 0.125. The smallest absolute Gasteiger partial charge is 0.405 e. The Balaban J connectivity index is 1.78. The topological polar surface area (TPSA) is 81.9 Å². The van der Waals surface area contributed by atoms with Crippen LogP contribution in [0.3, 0.4) is 0 Å². The van der Waals surface area contributed by atoms with Crippen LogP contribution in [0.4, 0.5) is 18.9 Å². The molecule has 134 valence electrons. The van der Waals surface area contributed by atoms with Gasteiger partial charge in [-0.25, -0.2) is 15.0 Å². The molecule has 0 aliphatic carbocycles. The minimum absolute atomic E-state index is 0.221. The Morgan fingerprint density at radius 3 is 2.46 bits per heavy atom. The van der Waals surface area contributed by atoms with Gasteiger partial charge in [-0.05, 0) is 19.1 Å². The molecule has 0 spiro atoms. The minimum atomic E-state index is -4.90. The minimum Gasteiger partial charge on any atom is -0.405 e. The number of nitrogens with zero attached hydrogens (tertiary/aromatic N) is 4. The largest absolute Gasteiger partial charge is 0.573 e. The van der Waals surface area contributed by atoms with E-state index in [0.717, 1.165) is 6.07 Å². The third-order valence-corrected chi connectivity index (χ3v) is 3.29. The molecular weight excluding hydrogens is 351 g/mol. The number of ether oxygens (including phenoxy) is 1. The van der Waals surface area contributed by atoms with Gasteiger partial charge in [-0.3, -0.25) is 9.36 Å². The van der Waals surface area contributed by atoms with Crippen molar-refractivity contribution in [1.82, 2.24) is 19.5 Å². The highest BCUT2D eigenvalue weighted by molar-refractivity contribution is 6.06. The zero-order valence-corrected chi connectivity index (χ0v) is 13.4. The fourth-order valence-corrected chi connectivity index (χ4v) is 2.17. The number of alkyl halides is 3. The Kier molecular flexibility index (Phi) is 4.57. The molecule has 1 aromatic carbocycles. The molecular formula is C16H12F3N5O2. The van der Waals surface area contributed by atoms with Crippen LogP contribution in [0.25, 0.3) is 5.95 Å². The van der Waals surface area contributed by atoms with Gasteiger partial charge in [0.25, 0.3) is 5.91 Å². The van der Waals surface area contributed by atoms with Crippen molar-refractivity contribution in [3.63, 3.8) is 0 Å². The Hall–Kier alpha value is -3.43. The Morgan fingerprint density at radius 1 is 1.15 bits per heavy atom.